The third kappa shape index (κ3) is 1.90. The molecule has 1 aliphatic rings. The van der Waals surface area contributed by atoms with Crippen molar-refractivity contribution in [2.45, 2.75) is 19.9 Å². The molecule has 98 valence electrons. The third-order valence-corrected chi connectivity index (χ3v) is 3.46. The van der Waals surface area contributed by atoms with E-state index in [1.807, 2.05) is 13.0 Å². The van der Waals surface area contributed by atoms with E-state index < -0.39 is 0 Å². The summed E-state index contributed by atoms with van der Waals surface area (Å²) in [4.78, 5) is 16.0. The highest BCUT2D eigenvalue weighted by atomic mass is 79.9. The number of allylic oxidation sites excluding steroid dienone is 2. The third-order valence-electron chi connectivity index (χ3n) is 3.04. The molecule has 19 heavy (non-hydrogen) atoms. The molecule has 1 N–H and O–H groups in total. The molecule has 1 atom stereocenters. The van der Waals surface area contributed by atoms with Gasteiger partial charge in [-0.1, -0.05) is 0 Å². The molecule has 0 fully saturated rings. The van der Waals surface area contributed by atoms with Crippen molar-refractivity contribution in [2.24, 2.45) is 0 Å². The lowest BCUT2D eigenvalue weighted by atomic mass is 9.98. The Morgan fingerprint density at radius 3 is 2.95 bits per heavy atom. The second-order valence-corrected chi connectivity index (χ2v) is 5.07. The zero-order valence-electron chi connectivity index (χ0n) is 10.3. The molecule has 6 nitrogen and oxygen atoms in total. The van der Waals surface area contributed by atoms with Crippen LogP contribution < -0.4 is 5.32 Å². The predicted octanol–water partition coefficient (Wildman–Crippen LogP) is 2.51. The van der Waals surface area contributed by atoms with Gasteiger partial charge in [-0.2, -0.15) is 10.1 Å². The Morgan fingerprint density at radius 1 is 1.53 bits per heavy atom. The summed E-state index contributed by atoms with van der Waals surface area (Å²) in [7, 11) is 0. The van der Waals surface area contributed by atoms with E-state index in [-0.39, 0.29) is 11.8 Å². The van der Waals surface area contributed by atoms with Crippen molar-refractivity contribution >= 4 is 27.7 Å². The first kappa shape index (κ1) is 12.2. The SMILES string of the molecule is CC(=O)C1=C(C)Nc2ncnn2C1c1ccc(Br)o1. The summed E-state index contributed by atoms with van der Waals surface area (Å²) in [6.45, 7) is 3.38. The monoisotopic (exact) mass is 322 g/mol. The van der Waals surface area contributed by atoms with E-state index in [2.05, 4.69) is 31.3 Å². The van der Waals surface area contributed by atoms with Gasteiger partial charge < -0.3 is 9.73 Å². The first-order valence-corrected chi connectivity index (χ1v) is 6.50. The van der Waals surface area contributed by atoms with Gasteiger partial charge in [0.15, 0.2) is 10.5 Å². The number of aromatic nitrogens is 3. The molecule has 3 heterocycles. The molecule has 1 unspecified atom stereocenters. The number of hydrogen-bond donors (Lipinski definition) is 1. The minimum Gasteiger partial charge on any atom is -0.452 e. The molecule has 2 aromatic rings. The number of rotatable bonds is 2. The maximum absolute atomic E-state index is 11.9. The lowest BCUT2D eigenvalue weighted by Crippen LogP contribution is -2.27. The van der Waals surface area contributed by atoms with Gasteiger partial charge >= 0.3 is 0 Å². The maximum Gasteiger partial charge on any atom is 0.226 e. The maximum atomic E-state index is 11.9. The number of furan rings is 1. The van der Waals surface area contributed by atoms with E-state index in [0.717, 1.165) is 5.70 Å². The van der Waals surface area contributed by atoms with Gasteiger partial charge in [0, 0.05) is 11.3 Å². The Labute approximate surface area is 117 Å². The molecule has 0 spiro atoms. The Kier molecular flexibility index (Phi) is 2.78. The van der Waals surface area contributed by atoms with E-state index in [4.69, 9.17) is 4.42 Å². The molecular weight excluding hydrogens is 312 g/mol. The molecule has 0 aliphatic carbocycles. The number of ketones is 1. The van der Waals surface area contributed by atoms with Crippen LogP contribution in [0.25, 0.3) is 0 Å². The van der Waals surface area contributed by atoms with Crippen molar-refractivity contribution in [3.8, 4) is 0 Å². The van der Waals surface area contributed by atoms with E-state index in [9.17, 15) is 4.79 Å². The number of carbonyl (C=O) groups excluding carboxylic acids is 1. The average Bonchev–Trinajstić information content (AvgIpc) is 2.95. The minimum atomic E-state index is -0.387. The number of anilines is 1. The van der Waals surface area contributed by atoms with Gasteiger partial charge in [-0.05, 0) is 41.9 Å². The van der Waals surface area contributed by atoms with Crippen LogP contribution in [-0.4, -0.2) is 20.5 Å². The van der Waals surface area contributed by atoms with Crippen molar-refractivity contribution in [1.82, 2.24) is 14.8 Å². The van der Waals surface area contributed by atoms with Crippen molar-refractivity contribution in [1.29, 1.82) is 0 Å². The van der Waals surface area contributed by atoms with Gasteiger partial charge in [0.2, 0.25) is 5.95 Å². The number of fused-ring (bicyclic) bond motifs is 1. The summed E-state index contributed by atoms with van der Waals surface area (Å²) in [5.41, 5.74) is 1.39. The minimum absolute atomic E-state index is 0.0244. The second kappa shape index (κ2) is 4.34. The van der Waals surface area contributed by atoms with E-state index in [1.165, 1.54) is 13.3 Å². The molecule has 0 saturated heterocycles. The number of hydrogen-bond acceptors (Lipinski definition) is 5. The van der Waals surface area contributed by atoms with Crippen LogP contribution in [0.1, 0.15) is 25.6 Å². The lowest BCUT2D eigenvalue weighted by molar-refractivity contribution is -0.114. The predicted molar refractivity (Wildman–Crippen MR) is 71.6 cm³/mol. The number of carbonyl (C=O) groups is 1. The molecule has 1 aliphatic heterocycles. The first-order valence-electron chi connectivity index (χ1n) is 5.71. The fourth-order valence-corrected chi connectivity index (χ4v) is 2.60. The molecule has 0 amide bonds. The molecule has 0 bridgehead atoms. The van der Waals surface area contributed by atoms with Gasteiger partial charge in [-0.25, -0.2) is 4.68 Å². The smallest absolute Gasteiger partial charge is 0.226 e. The molecule has 2 aromatic heterocycles. The van der Waals surface area contributed by atoms with E-state index >= 15 is 0 Å². The van der Waals surface area contributed by atoms with Crippen molar-refractivity contribution in [2.75, 3.05) is 5.32 Å². The van der Waals surface area contributed by atoms with Gasteiger partial charge in [-0.3, -0.25) is 4.79 Å². The topological polar surface area (TPSA) is 73.0 Å². The summed E-state index contributed by atoms with van der Waals surface area (Å²) in [5.74, 6) is 1.22. The van der Waals surface area contributed by atoms with Crippen LogP contribution in [-0.2, 0) is 4.79 Å². The highest BCUT2D eigenvalue weighted by Crippen LogP contribution is 2.36. The van der Waals surface area contributed by atoms with Crippen LogP contribution >= 0.6 is 15.9 Å². The van der Waals surface area contributed by atoms with Crippen LogP contribution in [0, 0.1) is 0 Å². The Balaban J connectivity index is 2.20. The Bertz CT molecular complexity index is 685. The van der Waals surface area contributed by atoms with Gasteiger partial charge in [0.05, 0.1) is 0 Å². The number of Topliss-reactive ketones (excluding diaryl/α,β-unsaturated/α-hetero) is 1. The summed E-state index contributed by atoms with van der Waals surface area (Å²) in [6.07, 6.45) is 1.45. The summed E-state index contributed by atoms with van der Waals surface area (Å²) in [6, 6.07) is 3.23. The quantitative estimate of drug-likeness (QED) is 0.919. The number of halogens is 1. The molecular formula is C12H11BrN4O2. The van der Waals surface area contributed by atoms with Crippen LogP contribution in [0.4, 0.5) is 5.95 Å². The molecule has 0 saturated carbocycles. The van der Waals surface area contributed by atoms with Crippen LogP contribution in [0.15, 0.2) is 38.8 Å². The van der Waals surface area contributed by atoms with Crippen LogP contribution in [0.3, 0.4) is 0 Å². The molecule has 0 radical (unpaired) electrons. The number of nitrogens with zero attached hydrogens (tertiary/aromatic N) is 3. The average molecular weight is 323 g/mol. The number of nitrogens with one attached hydrogen (secondary N) is 1. The molecule has 0 aromatic carbocycles. The second-order valence-electron chi connectivity index (χ2n) is 4.29. The summed E-state index contributed by atoms with van der Waals surface area (Å²) in [5, 5.41) is 7.24. The highest BCUT2D eigenvalue weighted by Gasteiger charge is 2.33. The Hall–Kier alpha value is -1.89. The van der Waals surface area contributed by atoms with Gasteiger partial charge in [-0.15, -0.1) is 0 Å². The van der Waals surface area contributed by atoms with Crippen molar-refractivity contribution in [3.63, 3.8) is 0 Å². The van der Waals surface area contributed by atoms with Crippen LogP contribution in [0.2, 0.25) is 0 Å². The van der Waals surface area contributed by atoms with Crippen LogP contribution in [0.5, 0.6) is 0 Å². The zero-order chi connectivity index (χ0) is 13.6. The standard InChI is InChI=1S/C12H11BrN4O2/c1-6-10(7(2)18)11(8-3-4-9(13)19-8)17-12(16-6)14-5-15-17/h3-5,11H,1-2H3,(H,14,15,16). The van der Waals surface area contributed by atoms with Crippen molar-refractivity contribution in [3.05, 3.63) is 40.2 Å². The van der Waals surface area contributed by atoms with E-state index in [1.54, 1.807) is 10.7 Å². The van der Waals surface area contributed by atoms with Gasteiger partial charge in [0.25, 0.3) is 0 Å². The van der Waals surface area contributed by atoms with Gasteiger partial charge in [0.1, 0.15) is 18.1 Å². The van der Waals surface area contributed by atoms with E-state index in [0.29, 0.717) is 22.0 Å². The first-order chi connectivity index (χ1) is 9.08. The normalized spacial score (nSPS) is 18.2. The van der Waals surface area contributed by atoms with Crippen molar-refractivity contribution < 1.29 is 9.21 Å². The summed E-state index contributed by atoms with van der Waals surface area (Å²) >= 11 is 3.27. The fourth-order valence-electron chi connectivity index (χ4n) is 2.29. The summed E-state index contributed by atoms with van der Waals surface area (Å²) < 4.78 is 7.85. The highest BCUT2D eigenvalue weighted by molar-refractivity contribution is 9.10. The lowest BCUT2D eigenvalue weighted by Gasteiger charge is -2.26. The Morgan fingerprint density at radius 2 is 2.32 bits per heavy atom. The fraction of sp³-hybridized carbons (Fsp3) is 0.250. The zero-order valence-corrected chi connectivity index (χ0v) is 11.9. The molecule has 3 rings (SSSR count). The largest absolute Gasteiger partial charge is 0.452 e. The molecule has 7 heteroatoms.